The first-order chi connectivity index (χ1) is 18.8. The van der Waals surface area contributed by atoms with E-state index < -0.39 is 29.5 Å². The Balaban J connectivity index is 1.39. The van der Waals surface area contributed by atoms with Crippen LogP contribution in [0.2, 0.25) is 0 Å². The molecule has 210 valence electrons. The van der Waals surface area contributed by atoms with Gasteiger partial charge in [-0.2, -0.15) is 36.3 Å². The number of alkyl halides is 6. The lowest BCUT2D eigenvalue weighted by Gasteiger charge is -2.40. The van der Waals surface area contributed by atoms with Crippen LogP contribution in [0.25, 0.3) is 22.8 Å². The molecule has 40 heavy (non-hydrogen) atoms. The van der Waals surface area contributed by atoms with Crippen molar-refractivity contribution in [1.29, 1.82) is 0 Å². The molecule has 3 heterocycles. The Morgan fingerprint density at radius 3 is 1.45 bits per heavy atom. The lowest BCUT2D eigenvalue weighted by molar-refractivity contribution is -0.160. The number of rotatable bonds is 6. The second kappa shape index (κ2) is 9.75. The topological polar surface area (TPSA) is 107 Å². The first-order valence-electron chi connectivity index (χ1n) is 12.1. The largest absolute Gasteiger partial charge is 0.471 e. The molecule has 1 saturated heterocycles. The van der Waals surface area contributed by atoms with Gasteiger partial charge >= 0.3 is 24.1 Å². The fraction of sp³-hybridized carbons (Fsp3) is 0.346. The van der Waals surface area contributed by atoms with E-state index in [1.54, 1.807) is 48.5 Å². The molecule has 1 fully saturated rings. The van der Waals surface area contributed by atoms with E-state index in [0.29, 0.717) is 17.7 Å². The average molecular weight is 565 g/mol. The summed E-state index contributed by atoms with van der Waals surface area (Å²) >= 11 is 0. The minimum Gasteiger partial charge on any atom is -0.355 e. The van der Waals surface area contributed by atoms with Gasteiger partial charge in [0.15, 0.2) is 0 Å². The Morgan fingerprint density at radius 1 is 0.750 bits per heavy atom. The molecule has 0 spiro atoms. The van der Waals surface area contributed by atoms with Crippen molar-refractivity contribution in [3.05, 3.63) is 71.4 Å². The molecule has 0 saturated carbocycles. The van der Waals surface area contributed by atoms with Crippen LogP contribution < -0.4 is 5.32 Å². The Bertz CT molecular complexity index is 1410. The molecule has 2 aromatic carbocycles. The zero-order chi connectivity index (χ0) is 28.9. The van der Waals surface area contributed by atoms with E-state index in [-0.39, 0.29) is 35.8 Å². The SMILES string of the molecule is CC(c1ccc(-c2noc(C(F)(F)F)n2)cc1)C1(C(C)c2ccc(-c3noc(C(F)(F)F)n3)cc2)CNC(=O)C1. The molecule has 14 heteroatoms. The van der Waals surface area contributed by atoms with Crippen LogP contribution in [-0.2, 0) is 17.1 Å². The van der Waals surface area contributed by atoms with E-state index >= 15 is 0 Å². The maximum atomic E-state index is 12.8. The third kappa shape index (κ3) is 5.05. The molecule has 0 aliphatic carbocycles. The number of nitrogens with zero attached hydrogens (tertiary/aromatic N) is 4. The van der Waals surface area contributed by atoms with Gasteiger partial charge in [-0.3, -0.25) is 4.79 Å². The number of carbonyl (C=O) groups is 1. The van der Waals surface area contributed by atoms with E-state index in [2.05, 4.69) is 34.6 Å². The van der Waals surface area contributed by atoms with Crippen LogP contribution in [0.5, 0.6) is 0 Å². The van der Waals surface area contributed by atoms with Crippen LogP contribution in [0.4, 0.5) is 26.3 Å². The molecule has 2 unspecified atom stereocenters. The van der Waals surface area contributed by atoms with E-state index in [0.717, 1.165) is 11.1 Å². The van der Waals surface area contributed by atoms with Crippen molar-refractivity contribution in [1.82, 2.24) is 25.6 Å². The smallest absolute Gasteiger partial charge is 0.355 e. The highest BCUT2D eigenvalue weighted by Gasteiger charge is 2.48. The molecule has 1 aliphatic rings. The first-order valence-corrected chi connectivity index (χ1v) is 12.1. The monoisotopic (exact) mass is 565 g/mol. The standard InChI is InChI=1S/C26H21F6N5O3/c1-13(15-3-7-17(8-4-15)20-34-22(39-36-20)25(27,28)29)24(11-19(38)33-12-24)14(2)16-5-9-18(10-6-16)21-35-23(40-37-21)26(30,31)32/h3-10,13-14H,11-12H2,1-2H3,(H,33,38). The van der Waals surface area contributed by atoms with Gasteiger partial charge in [0.25, 0.3) is 0 Å². The number of halogens is 6. The lowest BCUT2D eigenvalue weighted by Crippen LogP contribution is -2.35. The summed E-state index contributed by atoms with van der Waals surface area (Å²) in [5, 5.41) is 9.72. The molecule has 1 aliphatic heterocycles. The number of hydrogen-bond donors (Lipinski definition) is 1. The van der Waals surface area contributed by atoms with Crippen molar-refractivity contribution >= 4 is 5.91 Å². The highest BCUT2D eigenvalue weighted by atomic mass is 19.4. The molecule has 2 atom stereocenters. The third-order valence-electron chi connectivity index (χ3n) is 7.50. The van der Waals surface area contributed by atoms with Crippen molar-refractivity contribution in [2.75, 3.05) is 6.54 Å². The van der Waals surface area contributed by atoms with Crippen LogP contribution in [0, 0.1) is 5.41 Å². The molecule has 0 bridgehead atoms. The minimum atomic E-state index is -4.75. The summed E-state index contributed by atoms with van der Waals surface area (Å²) < 4.78 is 85.5. The molecular formula is C26H21F6N5O3. The molecule has 0 radical (unpaired) electrons. The molecule has 8 nitrogen and oxygen atoms in total. The normalized spacial score (nSPS) is 19.4. The van der Waals surface area contributed by atoms with Gasteiger partial charge in [-0.25, -0.2) is 0 Å². The van der Waals surface area contributed by atoms with Crippen molar-refractivity contribution in [2.24, 2.45) is 5.41 Å². The molecule has 2 aromatic heterocycles. The van der Waals surface area contributed by atoms with Gasteiger partial charge in [0, 0.05) is 29.5 Å². The summed E-state index contributed by atoms with van der Waals surface area (Å²) in [7, 11) is 0. The molecule has 5 rings (SSSR count). The highest BCUT2D eigenvalue weighted by Crippen LogP contribution is 2.51. The average Bonchev–Trinajstić information content (AvgIpc) is 3.68. The van der Waals surface area contributed by atoms with E-state index in [9.17, 15) is 31.1 Å². The third-order valence-corrected chi connectivity index (χ3v) is 7.50. The second-order valence-corrected chi connectivity index (χ2v) is 9.72. The van der Waals surface area contributed by atoms with Crippen LogP contribution in [0.15, 0.2) is 57.6 Å². The van der Waals surface area contributed by atoms with Gasteiger partial charge < -0.3 is 14.4 Å². The number of aromatic nitrogens is 4. The molecule has 1 amide bonds. The molecule has 4 aromatic rings. The van der Waals surface area contributed by atoms with Crippen LogP contribution in [0.1, 0.15) is 55.0 Å². The van der Waals surface area contributed by atoms with Gasteiger partial charge in [-0.1, -0.05) is 72.7 Å². The predicted molar refractivity (Wildman–Crippen MR) is 126 cm³/mol. The van der Waals surface area contributed by atoms with Crippen molar-refractivity contribution in [2.45, 2.75) is 44.5 Å². The molecular weight excluding hydrogens is 544 g/mol. The van der Waals surface area contributed by atoms with Gasteiger partial charge in [0.05, 0.1) is 0 Å². The lowest BCUT2D eigenvalue weighted by atomic mass is 9.63. The summed E-state index contributed by atoms with van der Waals surface area (Å²) in [6.07, 6.45) is -9.28. The Kier molecular flexibility index (Phi) is 6.66. The predicted octanol–water partition coefficient (Wildman–Crippen LogP) is 6.24. The number of nitrogens with one attached hydrogen (secondary N) is 1. The summed E-state index contributed by atoms with van der Waals surface area (Å²) in [5.41, 5.74) is 1.78. The second-order valence-electron chi connectivity index (χ2n) is 9.72. The van der Waals surface area contributed by atoms with Crippen LogP contribution >= 0.6 is 0 Å². The van der Waals surface area contributed by atoms with Crippen molar-refractivity contribution in [3.8, 4) is 22.8 Å². The number of hydrogen-bond acceptors (Lipinski definition) is 7. The van der Waals surface area contributed by atoms with Crippen LogP contribution in [-0.4, -0.2) is 32.7 Å². The number of amides is 1. The maximum absolute atomic E-state index is 12.8. The van der Waals surface area contributed by atoms with E-state index in [1.165, 1.54) is 0 Å². The Labute approximate surface area is 222 Å². The van der Waals surface area contributed by atoms with Gasteiger partial charge in [-0.15, -0.1) is 0 Å². The van der Waals surface area contributed by atoms with Crippen molar-refractivity contribution < 1.29 is 40.2 Å². The Hall–Kier alpha value is -4.23. The number of benzene rings is 2. The van der Waals surface area contributed by atoms with Gasteiger partial charge in [0.2, 0.25) is 17.6 Å². The maximum Gasteiger partial charge on any atom is 0.471 e. The zero-order valence-corrected chi connectivity index (χ0v) is 21.0. The summed E-state index contributed by atoms with van der Waals surface area (Å²) in [5.74, 6) is -3.75. The zero-order valence-electron chi connectivity index (χ0n) is 21.0. The fourth-order valence-electron chi connectivity index (χ4n) is 5.09. The summed E-state index contributed by atoms with van der Waals surface area (Å²) in [6.45, 7) is 4.31. The van der Waals surface area contributed by atoms with E-state index in [4.69, 9.17) is 0 Å². The molecule has 1 N–H and O–H groups in total. The fourth-order valence-corrected chi connectivity index (χ4v) is 5.09. The number of carbonyl (C=O) groups excluding carboxylic acids is 1. The highest BCUT2D eigenvalue weighted by molar-refractivity contribution is 5.80. The van der Waals surface area contributed by atoms with Gasteiger partial charge in [-0.05, 0) is 23.0 Å². The Morgan fingerprint density at radius 2 is 1.15 bits per heavy atom. The van der Waals surface area contributed by atoms with Crippen molar-refractivity contribution in [3.63, 3.8) is 0 Å². The first kappa shape index (κ1) is 27.3. The van der Waals surface area contributed by atoms with Crippen LogP contribution in [0.3, 0.4) is 0 Å². The van der Waals surface area contributed by atoms with E-state index in [1.807, 2.05) is 13.8 Å². The van der Waals surface area contributed by atoms with Gasteiger partial charge in [0.1, 0.15) is 0 Å². The quantitative estimate of drug-likeness (QED) is 0.276. The minimum absolute atomic E-state index is 0.120. The summed E-state index contributed by atoms with van der Waals surface area (Å²) in [6, 6.07) is 13.4. The summed E-state index contributed by atoms with van der Waals surface area (Å²) in [4.78, 5) is 19.2.